The lowest BCUT2D eigenvalue weighted by Crippen LogP contribution is -2.20. The van der Waals surface area contributed by atoms with Gasteiger partial charge in [0, 0.05) is 25.0 Å². The van der Waals surface area contributed by atoms with Crippen molar-refractivity contribution in [3.8, 4) is 0 Å². The van der Waals surface area contributed by atoms with Gasteiger partial charge in [0.2, 0.25) is 11.9 Å². The van der Waals surface area contributed by atoms with Crippen molar-refractivity contribution < 1.29 is 0 Å². The van der Waals surface area contributed by atoms with Crippen LogP contribution in [0.3, 0.4) is 0 Å². The Morgan fingerprint density at radius 1 is 1.05 bits per heavy atom. The Balaban J connectivity index is 1.76. The molecule has 0 aliphatic heterocycles. The minimum atomic E-state index is 0.175. The number of hydrogen-bond donors (Lipinski definition) is 2. The summed E-state index contributed by atoms with van der Waals surface area (Å²) >= 11 is 1.74. The summed E-state index contributed by atoms with van der Waals surface area (Å²) in [6, 6.07) is 10.3. The second kappa shape index (κ2) is 6.95. The number of nitrogens with two attached hydrogens (primary N) is 2. The van der Waals surface area contributed by atoms with Gasteiger partial charge in [0.05, 0.1) is 5.75 Å². The lowest BCUT2D eigenvalue weighted by Gasteiger charge is -2.18. The molecule has 0 saturated heterocycles. The summed E-state index contributed by atoms with van der Waals surface area (Å²) in [5.74, 6) is 2.63. The van der Waals surface area contributed by atoms with Crippen molar-refractivity contribution in [1.82, 2.24) is 15.0 Å². The van der Waals surface area contributed by atoms with Crippen LogP contribution in [0.4, 0.5) is 17.6 Å². The summed E-state index contributed by atoms with van der Waals surface area (Å²) in [4.78, 5) is 14.1. The van der Waals surface area contributed by atoms with Gasteiger partial charge in [-0.25, -0.2) is 0 Å². The zero-order chi connectivity index (χ0) is 14.4. The van der Waals surface area contributed by atoms with Crippen LogP contribution in [0.15, 0.2) is 30.3 Å². The van der Waals surface area contributed by atoms with Crippen LogP contribution < -0.4 is 16.4 Å². The van der Waals surface area contributed by atoms with E-state index in [0.717, 1.165) is 12.3 Å². The van der Waals surface area contributed by atoms with Crippen LogP contribution >= 0.6 is 11.8 Å². The van der Waals surface area contributed by atoms with E-state index in [1.165, 1.54) is 5.69 Å². The van der Waals surface area contributed by atoms with Gasteiger partial charge in [-0.15, -0.1) is 0 Å². The molecule has 2 rings (SSSR count). The van der Waals surface area contributed by atoms with Crippen LogP contribution in [-0.2, 0) is 5.75 Å². The van der Waals surface area contributed by atoms with Gasteiger partial charge in [0.25, 0.3) is 0 Å². The maximum Gasteiger partial charge on any atom is 0.225 e. The molecule has 0 saturated carbocycles. The normalized spacial score (nSPS) is 10.4. The average molecular weight is 290 g/mol. The van der Waals surface area contributed by atoms with Crippen LogP contribution in [0.25, 0.3) is 0 Å². The molecule has 0 spiro atoms. The Kier molecular flexibility index (Phi) is 5.00. The van der Waals surface area contributed by atoms with E-state index in [9.17, 15) is 0 Å². The first kappa shape index (κ1) is 14.4. The molecular formula is C13H18N6S. The van der Waals surface area contributed by atoms with E-state index in [2.05, 4.69) is 39.0 Å². The highest BCUT2D eigenvalue weighted by atomic mass is 32.2. The van der Waals surface area contributed by atoms with Crippen molar-refractivity contribution in [3.05, 3.63) is 36.2 Å². The van der Waals surface area contributed by atoms with Crippen molar-refractivity contribution >= 4 is 29.3 Å². The van der Waals surface area contributed by atoms with Gasteiger partial charge in [-0.05, 0) is 12.1 Å². The summed E-state index contributed by atoms with van der Waals surface area (Å²) in [7, 11) is 2.08. The number of anilines is 3. The third-order valence-electron chi connectivity index (χ3n) is 2.72. The Labute approximate surface area is 122 Å². The number of hydrogen-bond acceptors (Lipinski definition) is 7. The minimum Gasteiger partial charge on any atom is -0.374 e. The highest BCUT2D eigenvalue weighted by Crippen LogP contribution is 2.14. The fourth-order valence-electron chi connectivity index (χ4n) is 1.70. The van der Waals surface area contributed by atoms with E-state index in [4.69, 9.17) is 11.5 Å². The maximum atomic E-state index is 5.53. The van der Waals surface area contributed by atoms with Crippen molar-refractivity contribution in [2.75, 3.05) is 35.7 Å². The second-order valence-corrected chi connectivity index (χ2v) is 5.38. The summed E-state index contributed by atoms with van der Waals surface area (Å²) in [6.45, 7) is 0.949. The molecule has 4 N–H and O–H groups in total. The number of rotatable bonds is 6. The largest absolute Gasteiger partial charge is 0.374 e. The van der Waals surface area contributed by atoms with E-state index in [1.54, 1.807) is 11.8 Å². The molecule has 1 aromatic heterocycles. The fraction of sp³-hybridized carbons (Fsp3) is 0.308. The van der Waals surface area contributed by atoms with Gasteiger partial charge in [-0.1, -0.05) is 18.2 Å². The molecule has 0 aliphatic rings. The zero-order valence-corrected chi connectivity index (χ0v) is 12.2. The monoisotopic (exact) mass is 290 g/mol. The molecule has 1 heterocycles. The molecule has 1 aromatic carbocycles. The van der Waals surface area contributed by atoms with Crippen molar-refractivity contribution in [2.45, 2.75) is 5.75 Å². The van der Waals surface area contributed by atoms with Gasteiger partial charge < -0.3 is 16.4 Å². The minimum absolute atomic E-state index is 0.175. The van der Waals surface area contributed by atoms with Crippen LogP contribution in [0, 0.1) is 0 Å². The standard InChI is InChI=1S/C13H18N6S/c1-19(10-5-3-2-4-6-10)7-8-20-9-11-16-12(14)18-13(15)17-11/h2-6H,7-9H2,1H3,(H4,14,15,16,17,18). The SMILES string of the molecule is CN(CCSCc1nc(N)nc(N)n1)c1ccccc1. The van der Waals surface area contributed by atoms with Gasteiger partial charge in [0.15, 0.2) is 0 Å². The molecule has 0 bridgehead atoms. The molecule has 20 heavy (non-hydrogen) atoms. The summed E-state index contributed by atoms with van der Waals surface area (Å²) in [5, 5.41) is 0. The molecule has 2 aromatic rings. The molecular weight excluding hydrogens is 272 g/mol. The zero-order valence-electron chi connectivity index (χ0n) is 11.4. The average Bonchev–Trinajstić information content (AvgIpc) is 2.43. The van der Waals surface area contributed by atoms with Gasteiger partial charge in [-0.3, -0.25) is 0 Å². The van der Waals surface area contributed by atoms with Crippen LogP contribution in [0.1, 0.15) is 5.82 Å². The molecule has 106 valence electrons. The molecule has 6 nitrogen and oxygen atoms in total. The third-order valence-corrected chi connectivity index (χ3v) is 3.65. The topological polar surface area (TPSA) is 94.0 Å². The second-order valence-electron chi connectivity index (χ2n) is 4.28. The molecule has 0 unspecified atom stereocenters. The highest BCUT2D eigenvalue weighted by molar-refractivity contribution is 7.98. The molecule has 0 radical (unpaired) electrons. The maximum absolute atomic E-state index is 5.53. The van der Waals surface area contributed by atoms with E-state index >= 15 is 0 Å². The number of nitrogens with zero attached hydrogens (tertiary/aromatic N) is 4. The van der Waals surface area contributed by atoms with Gasteiger partial charge >= 0.3 is 0 Å². The predicted molar refractivity (Wildman–Crippen MR) is 84.5 cm³/mol. The lowest BCUT2D eigenvalue weighted by molar-refractivity contribution is 0.967. The van der Waals surface area contributed by atoms with Gasteiger partial charge in [-0.2, -0.15) is 26.7 Å². The Bertz CT molecular complexity index is 528. The fourth-order valence-corrected chi connectivity index (χ4v) is 2.56. The first-order valence-corrected chi connectivity index (χ1v) is 7.40. The quantitative estimate of drug-likeness (QED) is 0.777. The van der Waals surface area contributed by atoms with Crippen LogP contribution in [-0.4, -0.2) is 34.3 Å². The first-order chi connectivity index (χ1) is 9.65. The van der Waals surface area contributed by atoms with Crippen molar-refractivity contribution in [3.63, 3.8) is 0 Å². The summed E-state index contributed by atoms with van der Waals surface area (Å²) in [5.41, 5.74) is 12.3. The van der Waals surface area contributed by atoms with Crippen molar-refractivity contribution in [1.29, 1.82) is 0 Å². The first-order valence-electron chi connectivity index (χ1n) is 6.25. The molecule has 7 heteroatoms. The van der Waals surface area contributed by atoms with E-state index in [1.807, 2.05) is 18.2 Å². The summed E-state index contributed by atoms with van der Waals surface area (Å²) in [6.07, 6.45) is 0. The van der Waals surface area contributed by atoms with Crippen LogP contribution in [0.5, 0.6) is 0 Å². The molecule has 0 aliphatic carbocycles. The molecule has 0 amide bonds. The van der Waals surface area contributed by atoms with Crippen molar-refractivity contribution in [2.24, 2.45) is 0 Å². The molecule has 0 fully saturated rings. The third kappa shape index (κ3) is 4.27. The van der Waals surface area contributed by atoms with Gasteiger partial charge in [0.1, 0.15) is 5.82 Å². The van der Waals surface area contributed by atoms with E-state index in [0.29, 0.717) is 11.6 Å². The Morgan fingerprint density at radius 3 is 2.35 bits per heavy atom. The Morgan fingerprint density at radius 2 is 1.70 bits per heavy atom. The molecule has 0 atom stereocenters. The highest BCUT2D eigenvalue weighted by Gasteiger charge is 2.03. The van der Waals surface area contributed by atoms with E-state index in [-0.39, 0.29) is 11.9 Å². The number of para-hydroxylation sites is 1. The summed E-state index contributed by atoms with van der Waals surface area (Å²) < 4.78 is 0. The number of thioether (sulfide) groups is 1. The number of nitrogen functional groups attached to an aromatic ring is 2. The van der Waals surface area contributed by atoms with Crippen LogP contribution in [0.2, 0.25) is 0 Å². The lowest BCUT2D eigenvalue weighted by atomic mass is 10.3. The predicted octanol–water partition coefficient (Wildman–Crippen LogP) is 1.41. The van der Waals surface area contributed by atoms with E-state index < -0.39 is 0 Å². The number of benzene rings is 1. The Hall–Kier alpha value is -2.02. The smallest absolute Gasteiger partial charge is 0.225 e. The number of aromatic nitrogens is 3.